The zero-order chi connectivity index (χ0) is 19.9. The number of halogens is 1. The fourth-order valence-corrected chi connectivity index (χ4v) is 3.57. The van der Waals surface area contributed by atoms with Gasteiger partial charge in [-0.3, -0.25) is 9.69 Å². The highest BCUT2D eigenvalue weighted by atomic mass is 19.1. The second-order valence-corrected chi connectivity index (χ2v) is 6.94. The number of benzene rings is 1. The van der Waals surface area contributed by atoms with E-state index in [-0.39, 0.29) is 24.4 Å². The lowest BCUT2D eigenvalue weighted by atomic mass is 10.1. The summed E-state index contributed by atoms with van der Waals surface area (Å²) in [5, 5.41) is 12.3. The highest BCUT2D eigenvalue weighted by Gasteiger charge is 2.28. The van der Waals surface area contributed by atoms with Crippen LogP contribution in [0.5, 0.6) is 0 Å². The molecule has 1 aromatic heterocycles. The maximum absolute atomic E-state index is 14.0. The van der Waals surface area contributed by atoms with E-state index in [9.17, 15) is 14.3 Å². The van der Waals surface area contributed by atoms with Crippen LogP contribution >= 0.6 is 0 Å². The topological polar surface area (TPSA) is 68.7 Å². The summed E-state index contributed by atoms with van der Waals surface area (Å²) in [6, 6.07) is 10.4. The van der Waals surface area contributed by atoms with Crippen molar-refractivity contribution in [3.63, 3.8) is 0 Å². The van der Waals surface area contributed by atoms with Gasteiger partial charge in [0.2, 0.25) is 0 Å². The molecule has 28 heavy (non-hydrogen) atoms. The third-order valence-corrected chi connectivity index (χ3v) is 5.07. The fourth-order valence-electron chi connectivity index (χ4n) is 3.57. The van der Waals surface area contributed by atoms with Crippen LogP contribution in [0.15, 0.2) is 42.6 Å². The number of aliphatic hydroxyl groups excluding tert-OH is 1. The molecule has 1 aromatic carbocycles. The Morgan fingerprint density at radius 3 is 2.89 bits per heavy atom. The summed E-state index contributed by atoms with van der Waals surface area (Å²) in [5.41, 5.74) is 1.24. The van der Waals surface area contributed by atoms with Crippen LogP contribution in [0.2, 0.25) is 0 Å². The zero-order valence-corrected chi connectivity index (χ0v) is 16.1. The summed E-state index contributed by atoms with van der Waals surface area (Å²) in [5.74, 6) is 0.428. The Labute approximate surface area is 165 Å². The molecule has 0 bridgehead atoms. The molecule has 0 saturated carbocycles. The Hall–Kier alpha value is -2.51. The molecule has 0 aliphatic carbocycles. The summed E-state index contributed by atoms with van der Waals surface area (Å²) < 4.78 is 14.0. The SMILES string of the molecule is CCNC(=O)c1ccnc(N2CCN(Cc3ccccc3F)[C@@H](CCO)C2)c1. The highest BCUT2D eigenvalue weighted by Crippen LogP contribution is 2.22. The van der Waals surface area contributed by atoms with Crippen molar-refractivity contribution in [3.8, 4) is 0 Å². The minimum Gasteiger partial charge on any atom is -0.396 e. The van der Waals surface area contributed by atoms with Gasteiger partial charge in [0, 0.05) is 62.7 Å². The third kappa shape index (κ3) is 4.85. The zero-order valence-electron chi connectivity index (χ0n) is 16.1. The molecule has 1 aliphatic heterocycles. The predicted octanol–water partition coefficient (Wildman–Crippen LogP) is 2.04. The van der Waals surface area contributed by atoms with Gasteiger partial charge in [-0.2, -0.15) is 0 Å². The molecule has 1 aliphatic rings. The molecule has 150 valence electrons. The molecule has 2 aromatic rings. The van der Waals surface area contributed by atoms with Crippen LogP contribution in [0.3, 0.4) is 0 Å². The van der Waals surface area contributed by atoms with Gasteiger partial charge >= 0.3 is 0 Å². The fraction of sp³-hybridized carbons (Fsp3) is 0.429. The van der Waals surface area contributed by atoms with Crippen molar-refractivity contribution in [1.29, 1.82) is 0 Å². The maximum Gasteiger partial charge on any atom is 0.251 e. The first kappa shape index (κ1) is 20.2. The number of rotatable bonds is 7. The van der Waals surface area contributed by atoms with Crippen LogP contribution in [0.1, 0.15) is 29.3 Å². The van der Waals surface area contributed by atoms with Crippen LogP contribution < -0.4 is 10.2 Å². The minimum atomic E-state index is -0.205. The van der Waals surface area contributed by atoms with Crippen LogP contribution in [-0.2, 0) is 6.54 Å². The van der Waals surface area contributed by atoms with Gasteiger partial charge in [0.25, 0.3) is 5.91 Å². The Kier molecular flexibility index (Phi) is 6.95. The van der Waals surface area contributed by atoms with Crippen LogP contribution in [0.4, 0.5) is 10.2 Å². The number of carbonyl (C=O) groups is 1. The van der Waals surface area contributed by atoms with E-state index in [1.807, 2.05) is 13.0 Å². The highest BCUT2D eigenvalue weighted by molar-refractivity contribution is 5.94. The number of carbonyl (C=O) groups excluding carboxylic acids is 1. The van der Waals surface area contributed by atoms with Crippen LogP contribution in [0.25, 0.3) is 0 Å². The molecule has 1 atom stereocenters. The molecule has 2 N–H and O–H groups in total. The number of piperazine rings is 1. The summed E-state index contributed by atoms with van der Waals surface area (Å²) >= 11 is 0. The quantitative estimate of drug-likeness (QED) is 0.762. The molecular weight excluding hydrogens is 359 g/mol. The number of anilines is 1. The molecule has 0 spiro atoms. The van der Waals surface area contributed by atoms with Gasteiger partial charge in [0.05, 0.1) is 0 Å². The molecule has 3 rings (SSSR count). The van der Waals surface area contributed by atoms with Gasteiger partial charge in [0.15, 0.2) is 0 Å². The number of nitrogens with zero attached hydrogens (tertiary/aromatic N) is 3. The van der Waals surface area contributed by atoms with Gasteiger partial charge in [-0.05, 0) is 31.5 Å². The second-order valence-electron chi connectivity index (χ2n) is 6.94. The third-order valence-electron chi connectivity index (χ3n) is 5.07. The van der Waals surface area contributed by atoms with E-state index in [2.05, 4.69) is 20.1 Å². The first-order chi connectivity index (χ1) is 13.6. The van der Waals surface area contributed by atoms with Crippen molar-refractivity contribution in [1.82, 2.24) is 15.2 Å². The van der Waals surface area contributed by atoms with Crippen molar-refractivity contribution in [2.24, 2.45) is 0 Å². The lowest BCUT2D eigenvalue weighted by Crippen LogP contribution is -2.53. The lowest BCUT2D eigenvalue weighted by Gasteiger charge is -2.42. The van der Waals surface area contributed by atoms with Crippen molar-refractivity contribution in [2.45, 2.75) is 25.9 Å². The number of hydrogen-bond donors (Lipinski definition) is 2. The predicted molar refractivity (Wildman–Crippen MR) is 107 cm³/mol. The number of amides is 1. The van der Waals surface area contributed by atoms with Crippen molar-refractivity contribution in [2.75, 3.05) is 37.7 Å². The van der Waals surface area contributed by atoms with E-state index < -0.39 is 0 Å². The van der Waals surface area contributed by atoms with Gasteiger partial charge in [-0.15, -0.1) is 0 Å². The van der Waals surface area contributed by atoms with Crippen molar-refractivity contribution in [3.05, 3.63) is 59.5 Å². The number of hydrogen-bond acceptors (Lipinski definition) is 5. The van der Waals surface area contributed by atoms with Crippen LogP contribution in [0, 0.1) is 5.82 Å². The van der Waals surface area contributed by atoms with Gasteiger partial charge < -0.3 is 15.3 Å². The minimum absolute atomic E-state index is 0.0681. The first-order valence-corrected chi connectivity index (χ1v) is 9.70. The average molecular weight is 386 g/mol. The van der Waals surface area contributed by atoms with Crippen LogP contribution in [-0.4, -0.2) is 59.7 Å². The molecule has 0 unspecified atom stereocenters. The van der Waals surface area contributed by atoms with E-state index in [1.54, 1.807) is 30.5 Å². The largest absolute Gasteiger partial charge is 0.396 e. The summed E-state index contributed by atoms with van der Waals surface area (Å²) in [6.07, 6.45) is 2.24. The van der Waals surface area contributed by atoms with Gasteiger partial charge in [-0.25, -0.2) is 9.37 Å². The summed E-state index contributed by atoms with van der Waals surface area (Å²) in [6.45, 7) is 5.16. The summed E-state index contributed by atoms with van der Waals surface area (Å²) in [7, 11) is 0. The maximum atomic E-state index is 14.0. The van der Waals surface area contributed by atoms with E-state index in [0.717, 1.165) is 18.9 Å². The number of nitrogens with one attached hydrogen (secondary N) is 1. The van der Waals surface area contributed by atoms with Gasteiger partial charge in [-0.1, -0.05) is 18.2 Å². The molecule has 1 fully saturated rings. The normalized spacial score (nSPS) is 17.5. The van der Waals surface area contributed by atoms with E-state index in [4.69, 9.17) is 0 Å². The molecular formula is C21H27FN4O2. The molecule has 7 heteroatoms. The number of aromatic nitrogens is 1. The van der Waals surface area contributed by atoms with Gasteiger partial charge in [0.1, 0.15) is 11.6 Å². The molecule has 6 nitrogen and oxygen atoms in total. The average Bonchev–Trinajstić information content (AvgIpc) is 2.71. The Bertz CT molecular complexity index is 801. The molecule has 2 heterocycles. The Morgan fingerprint density at radius 1 is 1.32 bits per heavy atom. The lowest BCUT2D eigenvalue weighted by molar-refractivity contribution is 0.0955. The first-order valence-electron chi connectivity index (χ1n) is 9.70. The number of pyridine rings is 1. The molecule has 0 radical (unpaired) electrons. The monoisotopic (exact) mass is 386 g/mol. The molecule has 1 saturated heterocycles. The van der Waals surface area contributed by atoms with Crippen molar-refractivity contribution >= 4 is 11.7 Å². The number of aliphatic hydroxyl groups is 1. The second kappa shape index (κ2) is 9.61. The Balaban J connectivity index is 1.72. The van der Waals surface area contributed by atoms with E-state index >= 15 is 0 Å². The van der Waals surface area contributed by atoms with E-state index in [0.29, 0.717) is 37.2 Å². The van der Waals surface area contributed by atoms with Crippen molar-refractivity contribution < 1.29 is 14.3 Å². The molecule has 1 amide bonds. The Morgan fingerprint density at radius 2 is 2.14 bits per heavy atom. The summed E-state index contributed by atoms with van der Waals surface area (Å²) in [4.78, 5) is 20.9. The van der Waals surface area contributed by atoms with E-state index in [1.165, 1.54) is 6.07 Å². The standard InChI is InChI=1S/C21H27FN4O2/c1-2-23-21(28)16-7-9-24-20(13-16)26-11-10-25(18(15-26)8-12-27)14-17-5-3-4-6-19(17)22/h3-7,9,13,18,27H,2,8,10-12,14-15H2,1H3,(H,23,28)/t18-/m0/s1. The smallest absolute Gasteiger partial charge is 0.251 e.